The number of thiazole rings is 1. The molecule has 0 saturated heterocycles. The van der Waals surface area contributed by atoms with E-state index in [2.05, 4.69) is 0 Å². The first-order chi connectivity index (χ1) is 16.1. The lowest BCUT2D eigenvalue weighted by Crippen LogP contribution is -2.27. The van der Waals surface area contributed by atoms with Crippen LogP contribution in [0.15, 0.2) is 78.9 Å². The van der Waals surface area contributed by atoms with Gasteiger partial charge in [-0.1, -0.05) is 36.4 Å². The molecule has 6 heteroatoms. The quantitative estimate of drug-likeness (QED) is 0.305. The Balaban J connectivity index is 1.72. The second-order valence-electron chi connectivity index (χ2n) is 7.45. The van der Waals surface area contributed by atoms with E-state index in [0.717, 1.165) is 33.1 Å². The third kappa shape index (κ3) is 5.23. The second kappa shape index (κ2) is 10.3. The molecule has 0 atom stereocenters. The number of hydrogen-bond acceptors (Lipinski definition) is 5. The summed E-state index contributed by atoms with van der Waals surface area (Å²) in [6, 6.07) is 25.1. The molecule has 0 aliphatic heterocycles. The highest BCUT2D eigenvalue weighted by Gasteiger charge is 2.24. The van der Waals surface area contributed by atoms with Crippen LogP contribution >= 0.6 is 11.3 Å². The number of benzene rings is 3. The number of anilines is 2. The normalized spacial score (nSPS) is 10.6. The summed E-state index contributed by atoms with van der Waals surface area (Å²) in [5, 5.41) is 0.630. The van der Waals surface area contributed by atoms with E-state index in [1.54, 1.807) is 12.0 Å². The molecule has 5 nitrogen and oxygen atoms in total. The fourth-order valence-electron chi connectivity index (χ4n) is 3.58. The van der Waals surface area contributed by atoms with E-state index >= 15 is 0 Å². The van der Waals surface area contributed by atoms with Gasteiger partial charge in [0.15, 0.2) is 5.13 Å². The number of rotatable bonds is 8. The van der Waals surface area contributed by atoms with Crippen LogP contribution in [0, 0.1) is 6.92 Å². The first-order valence-electron chi connectivity index (χ1n) is 10.8. The van der Waals surface area contributed by atoms with Crippen molar-refractivity contribution in [3.8, 4) is 22.8 Å². The van der Waals surface area contributed by atoms with Crippen molar-refractivity contribution < 1.29 is 14.3 Å². The number of nitrogens with zero attached hydrogens (tertiary/aromatic N) is 2. The fourth-order valence-corrected chi connectivity index (χ4v) is 4.55. The van der Waals surface area contributed by atoms with Crippen LogP contribution in [-0.2, 0) is 11.2 Å². The molecule has 1 aromatic heterocycles. The zero-order valence-corrected chi connectivity index (χ0v) is 19.8. The zero-order valence-electron chi connectivity index (χ0n) is 18.9. The molecule has 1 amide bonds. The van der Waals surface area contributed by atoms with Crippen LogP contribution in [0.4, 0.5) is 10.8 Å². The van der Waals surface area contributed by atoms with Gasteiger partial charge in [0.1, 0.15) is 11.5 Å². The molecule has 0 aliphatic carbocycles. The maximum atomic E-state index is 13.5. The number of hydrogen-bond donors (Lipinski definition) is 0. The lowest BCUT2D eigenvalue weighted by Gasteiger charge is -2.21. The second-order valence-corrected chi connectivity index (χ2v) is 8.63. The van der Waals surface area contributed by atoms with Gasteiger partial charge in [-0.05, 0) is 55.8 Å². The highest BCUT2D eigenvalue weighted by atomic mass is 32.1. The Kier molecular flexibility index (Phi) is 7.05. The number of carbonyl (C=O) groups is 1. The van der Waals surface area contributed by atoms with Gasteiger partial charge >= 0.3 is 0 Å². The highest BCUT2D eigenvalue weighted by Crippen LogP contribution is 2.37. The summed E-state index contributed by atoms with van der Waals surface area (Å²) in [6.45, 7) is 4.61. The fraction of sp³-hybridized carbons (Fsp3) is 0.185. The largest absolute Gasteiger partial charge is 0.497 e. The minimum atomic E-state index is -0.0542. The average molecular weight is 459 g/mol. The number of carbonyl (C=O) groups excluding carboxylic acids is 1. The van der Waals surface area contributed by atoms with Crippen LogP contribution in [0.5, 0.6) is 11.5 Å². The summed E-state index contributed by atoms with van der Waals surface area (Å²) in [4.78, 5) is 21.1. The Morgan fingerprint density at radius 2 is 1.73 bits per heavy atom. The summed E-state index contributed by atoms with van der Waals surface area (Å²) in [5.74, 6) is 1.46. The molecule has 4 aromatic rings. The zero-order chi connectivity index (χ0) is 23.2. The molecule has 0 N–H and O–H groups in total. The summed E-state index contributed by atoms with van der Waals surface area (Å²) >= 11 is 1.50. The van der Waals surface area contributed by atoms with Gasteiger partial charge in [0.05, 0.1) is 31.5 Å². The van der Waals surface area contributed by atoms with Gasteiger partial charge in [0, 0.05) is 16.5 Å². The summed E-state index contributed by atoms with van der Waals surface area (Å²) < 4.78 is 11.0. The van der Waals surface area contributed by atoms with Crippen LogP contribution in [-0.4, -0.2) is 24.6 Å². The molecular weight excluding hydrogens is 432 g/mol. The van der Waals surface area contributed by atoms with Crippen LogP contribution in [0.1, 0.15) is 17.4 Å². The van der Waals surface area contributed by atoms with Gasteiger partial charge in [0.2, 0.25) is 5.91 Å². The van der Waals surface area contributed by atoms with Gasteiger partial charge in [0.25, 0.3) is 0 Å². The Labute approximate surface area is 198 Å². The van der Waals surface area contributed by atoms with E-state index in [0.29, 0.717) is 17.5 Å². The number of aryl methyl sites for hydroxylation is 1. The lowest BCUT2D eigenvalue weighted by molar-refractivity contribution is -0.117. The number of methoxy groups -OCH3 is 1. The molecule has 4 rings (SSSR count). The summed E-state index contributed by atoms with van der Waals surface area (Å²) in [7, 11) is 1.62. The maximum Gasteiger partial charge on any atom is 0.237 e. The van der Waals surface area contributed by atoms with Crippen molar-refractivity contribution in [1.82, 2.24) is 4.98 Å². The molecule has 0 saturated carbocycles. The topological polar surface area (TPSA) is 51.7 Å². The monoisotopic (exact) mass is 458 g/mol. The SMILES string of the molecule is CCOc1ccc(-c2nc(N(C(=O)Cc3ccccc3)c3cccc(OC)c3)sc2C)cc1. The number of aromatic nitrogens is 1. The Morgan fingerprint density at radius 1 is 0.970 bits per heavy atom. The third-order valence-corrected chi connectivity index (χ3v) is 6.13. The predicted molar refractivity (Wildman–Crippen MR) is 134 cm³/mol. The smallest absolute Gasteiger partial charge is 0.237 e. The maximum absolute atomic E-state index is 13.5. The van der Waals surface area contributed by atoms with Gasteiger partial charge in [-0.25, -0.2) is 4.98 Å². The standard InChI is InChI=1S/C27H26N2O3S/c1-4-32-23-15-13-21(14-16-23)26-19(2)33-27(28-26)29(22-11-8-12-24(18-22)31-3)25(30)17-20-9-6-5-7-10-20/h5-16,18H,4,17H2,1-3H3. The molecule has 0 fully saturated rings. The van der Waals surface area contributed by atoms with E-state index in [1.807, 2.05) is 92.7 Å². The van der Waals surface area contributed by atoms with Crippen molar-refractivity contribution >= 4 is 28.1 Å². The van der Waals surface area contributed by atoms with Crippen LogP contribution in [0.2, 0.25) is 0 Å². The van der Waals surface area contributed by atoms with Crippen molar-refractivity contribution in [2.45, 2.75) is 20.3 Å². The minimum absolute atomic E-state index is 0.0542. The first kappa shape index (κ1) is 22.6. The molecule has 3 aromatic carbocycles. The lowest BCUT2D eigenvalue weighted by atomic mass is 10.1. The first-order valence-corrected chi connectivity index (χ1v) is 11.6. The van der Waals surface area contributed by atoms with Crippen molar-refractivity contribution in [3.05, 3.63) is 89.3 Å². The Morgan fingerprint density at radius 3 is 2.42 bits per heavy atom. The molecule has 1 heterocycles. The highest BCUT2D eigenvalue weighted by molar-refractivity contribution is 7.16. The molecule has 0 bridgehead atoms. The van der Waals surface area contributed by atoms with E-state index in [1.165, 1.54) is 11.3 Å². The molecule has 0 radical (unpaired) electrons. The van der Waals surface area contributed by atoms with E-state index < -0.39 is 0 Å². The van der Waals surface area contributed by atoms with E-state index in [9.17, 15) is 4.79 Å². The van der Waals surface area contributed by atoms with Gasteiger partial charge < -0.3 is 9.47 Å². The van der Waals surface area contributed by atoms with Crippen LogP contribution in [0.25, 0.3) is 11.3 Å². The predicted octanol–water partition coefficient (Wildman–Crippen LogP) is 6.43. The number of ether oxygens (including phenoxy) is 2. The molecular formula is C27H26N2O3S. The van der Waals surface area contributed by atoms with Gasteiger partial charge in [-0.2, -0.15) is 0 Å². The van der Waals surface area contributed by atoms with E-state index in [4.69, 9.17) is 14.5 Å². The Hall–Kier alpha value is -3.64. The summed E-state index contributed by atoms with van der Waals surface area (Å²) in [6.07, 6.45) is 0.273. The summed E-state index contributed by atoms with van der Waals surface area (Å²) in [5.41, 5.74) is 3.52. The average Bonchev–Trinajstić information content (AvgIpc) is 3.21. The van der Waals surface area contributed by atoms with E-state index in [-0.39, 0.29) is 12.3 Å². The van der Waals surface area contributed by atoms with Crippen molar-refractivity contribution in [2.75, 3.05) is 18.6 Å². The molecule has 168 valence electrons. The Bertz CT molecular complexity index is 1220. The van der Waals surface area contributed by atoms with Crippen LogP contribution in [0.3, 0.4) is 0 Å². The molecule has 0 aliphatic rings. The molecule has 0 spiro atoms. The van der Waals surface area contributed by atoms with Crippen molar-refractivity contribution in [1.29, 1.82) is 0 Å². The van der Waals surface area contributed by atoms with Crippen molar-refractivity contribution in [2.24, 2.45) is 0 Å². The minimum Gasteiger partial charge on any atom is -0.497 e. The molecule has 0 unspecified atom stereocenters. The third-order valence-electron chi connectivity index (χ3n) is 5.17. The van der Waals surface area contributed by atoms with Gasteiger partial charge in [-0.3, -0.25) is 9.69 Å². The van der Waals surface area contributed by atoms with Gasteiger partial charge in [-0.15, -0.1) is 11.3 Å². The van der Waals surface area contributed by atoms with Crippen LogP contribution < -0.4 is 14.4 Å². The number of amides is 1. The van der Waals surface area contributed by atoms with Crippen molar-refractivity contribution in [3.63, 3.8) is 0 Å². The molecule has 33 heavy (non-hydrogen) atoms.